The highest BCUT2D eigenvalue weighted by Gasteiger charge is 2.23. The quantitative estimate of drug-likeness (QED) is 0.389. The molecule has 170 valence electrons. The van der Waals surface area contributed by atoms with Crippen LogP contribution < -0.4 is 10.1 Å². The van der Waals surface area contributed by atoms with Gasteiger partial charge >= 0.3 is 0 Å². The van der Waals surface area contributed by atoms with Crippen LogP contribution in [0.25, 0.3) is 0 Å². The van der Waals surface area contributed by atoms with Gasteiger partial charge in [0.05, 0.1) is 29.2 Å². The molecule has 1 N–H and O–H groups in total. The Kier molecular flexibility index (Phi) is 6.46. The van der Waals surface area contributed by atoms with E-state index in [1.54, 1.807) is 23.7 Å². The smallest absolute Gasteiger partial charge is 0.278 e. The van der Waals surface area contributed by atoms with Crippen molar-refractivity contribution < 1.29 is 18.4 Å². The lowest BCUT2D eigenvalue weighted by Gasteiger charge is -2.09. The van der Waals surface area contributed by atoms with Gasteiger partial charge in [-0.25, -0.2) is 4.39 Å². The Bertz CT molecular complexity index is 1320. The predicted octanol–water partition coefficient (Wildman–Crippen LogP) is 5.47. The summed E-state index contributed by atoms with van der Waals surface area (Å²) in [5.74, 6) is -0.464. The first-order valence-electron chi connectivity index (χ1n) is 10.3. The number of hydrogen-bond acceptors (Lipinski definition) is 5. The Morgan fingerprint density at radius 3 is 2.64 bits per heavy atom. The monoisotopic (exact) mass is 468 g/mol. The second-order valence-corrected chi connectivity index (χ2v) is 7.94. The standard InChI is InChI=1S/C24H22ClFN4O3/c1-14-22(15(2)30(28-14)12-17-8-4-5-9-19(17)25)27-24(31)23-18(16(3)33-29-23)13-32-21-11-7-6-10-20(21)26/h4-11H,12-13H2,1-3H3,(H,27,31). The van der Waals surface area contributed by atoms with Crippen LogP contribution in [0.4, 0.5) is 10.1 Å². The maximum atomic E-state index is 13.9. The zero-order valence-corrected chi connectivity index (χ0v) is 19.1. The summed E-state index contributed by atoms with van der Waals surface area (Å²) in [5, 5.41) is 11.9. The number of carbonyl (C=O) groups excluding carboxylic acids is 1. The number of aryl methyl sites for hydroxylation is 2. The summed E-state index contributed by atoms with van der Waals surface area (Å²) in [6.45, 7) is 5.74. The topological polar surface area (TPSA) is 82.2 Å². The summed E-state index contributed by atoms with van der Waals surface area (Å²) in [7, 11) is 0. The SMILES string of the molecule is Cc1nn(Cc2ccccc2Cl)c(C)c1NC(=O)c1noc(C)c1COc1ccccc1F. The number of ether oxygens (including phenoxy) is 1. The third kappa shape index (κ3) is 4.75. The van der Waals surface area contributed by atoms with Gasteiger partial charge in [-0.05, 0) is 44.5 Å². The van der Waals surface area contributed by atoms with Gasteiger partial charge in [0, 0.05) is 5.02 Å². The average Bonchev–Trinajstić information content (AvgIpc) is 3.29. The van der Waals surface area contributed by atoms with Crippen molar-refractivity contribution in [2.75, 3.05) is 5.32 Å². The maximum absolute atomic E-state index is 13.9. The Hall–Kier alpha value is -3.65. The highest BCUT2D eigenvalue weighted by molar-refractivity contribution is 6.31. The van der Waals surface area contributed by atoms with E-state index >= 15 is 0 Å². The zero-order chi connectivity index (χ0) is 23.5. The van der Waals surface area contributed by atoms with E-state index in [1.807, 2.05) is 38.1 Å². The van der Waals surface area contributed by atoms with E-state index in [1.165, 1.54) is 12.1 Å². The van der Waals surface area contributed by atoms with Gasteiger partial charge < -0.3 is 14.6 Å². The summed E-state index contributed by atoms with van der Waals surface area (Å²) >= 11 is 6.28. The lowest BCUT2D eigenvalue weighted by atomic mass is 10.2. The van der Waals surface area contributed by atoms with Crippen LogP contribution in [0, 0.1) is 26.6 Å². The van der Waals surface area contributed by atoms with Crippen LogP contribution in [0.2, 0.25) is 5.02 Å². The summed E-state index contributed by atoms with van der Waals surface area (Å²) in [4.78, 5) is 13.0. The molecule has 4 rings (SSSR count). The number of para-hydroxylation sites is 1. The van der Waals surface area contributed by atoms with Gasteiger partial charge in [-0.2, -0.15) is 5.10 Å². The maximum Gasteiger partial charge on any atom is 0.278 e. The molecule has 33 heavy (non-hydrogen) atoms. The summed E-state index contributed by atoms with van der Waals surface area (Å²) in [5.41, 5.74) is 3.43. The molecule has 0 radical (unpaired) electrons. The van der Waals surface area contributed by atoms with Gasteiger partial charge in [-0.3, -0.25) is 9.48 Å². The molecular weight excluding hydrogens is 447 g/mol. The number of amides is 1. The molecule has 0 aliphatic heterocycles. The molecule has 0 saturated heterocycles. The minimum Gasteiger partial charge on any atom is -0.486 e. The number of carbonyl (C=O) groups is 1. The summed E-state index contributed by atoms with van der Waals surface area (Å²) in [6, 6.07) is 13.6. The molecule has 0 atom stereocenters. The summed E-state index contributed by atoms with van der Waals surface area (Å²) in [6.07, 6.45) is 0. The van der Waals surface area contributed by atoms with Gasteiger partial charge in [0.15, 0.2) is 17.3 Å². The van der Waals surface area contributed by atoms with Crippen LogP contribution >= 0.6 is 11.6 Å². The molecule has 0 unspecified atom stereocenters. The molecule has 7 nitrogen and oxygen atoms in total. The zero-order valence-electron chi connectivity index (χ0n) is 18.4. The first-order chi connectivity index (χ1) is 15.8. The van der Waals surface area contributed by atoms with E-state index in [-0.39, 0.29) is 18.1 Å². The van der Waals surface area contributed by atoms with Crippen LogP contribution in [0.1, 0.15) is 38.8 Å². The molecular formula is C24H22ClFN4O3. The number of benzene rings is 2. The molecule has 9 heteroatoms. The number of aromatic nitrogens is 3. The molecule has 0 bridgehead atoms. The lowest BCUT2D eigenvalue weighted by molar-refractivity contribution is 0.101. The van der Waals surface area contributed by atoms with E-state index < -0.39 is 11.7 Å². The molecule has 2 aromatic carbocycles. The normalized spacial score (nSPS) is 10.9. The van der Waals surface area contributed by atoms with Crippen LogP contribution in [0.3, 0.4) is 0 Å². The van der Waals surface area contributed by atoms with Crippen molar-refractivity contribution in [1.29, 1.82) is 0 Å². The third-order valence-corrected chi connectivity index (χ3v) is 5.68. The van der Waals surface area contributed by atoms with Crippen molar-refractivity contribution in [3.8, 4) is 5.75 Å². The van der Waals surface area contributed by atoms with Crippen LogP contribution in [0.15, 0.2) is 53.1 Å². The van der Waals surface area contributed by atoms with Crippen molar-refractivity contribution in [3.63, 3.8) is 0 Å². The Morgan fingerprint density at radius 2 is 1.88 bits per heavy atom. The van der Waals surface area contributed by atoms with Gasteiger partial charge in [-0.15, -0.1) is 0 Å². The second kappa shape index (κ2) is 9.46. The molecule has 2 aromatic heterocycles. The van der Waals surface area contributed by atoms with E-state index in [2.05, 4.69) is 15.6 Å². The Balaban J connectivity index is 1.53. The van der Waals surface area contributed by atoms with Gasteiger partial charge in [0.1, 0.15) is 12.4 Å². The van der Waals surface area contributed by atoms with Crippen molar-refractivity contribution in [3.05, 3.63) is 93.3 Å². The van der Waals surface area contributed by atoms with Gasteiger partial charge in [0.2, 0.25) is 0 Å². The molecule has 0 aliphatic carbocycles. The molecule has 0 aliphatic rings. The third-order valence-electron chi connectivity index (χ3n) is 5.31. The molecule has 0 saturated carbocycles. The predicted molar refractivity (Wildman–Crippen MR) is 122 cm³/mol. The Labute approximate surface area is 195 Å². The second-order valence-electron chi connectivity index (χ2n) is 7.53. The molecule has 1 amide bonds. The van der Waals surface area contributed by atoms with Gasteiger partial charge in [-0.1, -0.05) is 47.1 Å². The first-order valence-corrected chi connectivity index (χ1v) is 10.6. The highest BCUT2D eigenvalue weighted by atomic mass is 35.5. The fourth-order valence-electron chi connectivity index (χ4n) is 3.44. The number of hydrogen-bond donors (Lipinski definition) is 1. The minimum absolute atomic E-state index is 0.0667. The first kappa shape index (κ1) is 22.5. The van der Waals surface area contributed by atoms with Crippen molar-refractivity contribution in [2.45, 2.75) is 33.9 Å². The van der Waals surface area contributed by atoms with Crippen LogP contribution in [0.5, 0.6) is 5.75 Å². The summed E-state index contributed by atoms with van der Waals surface area (Å²) < 4.78 is 26.4. The lowest BCUT2D eigenvalue weighted by Crippen LogP contribution is -2.16. The van der Waals surface area contributed by atoms with E-state index in [4.69, 9.17) is 20.9 Å². The fourth-order valence-corrected chi connectivity index (χ4v) is 3.64. The number of anilines is 1. The van der Waals surface area contributed by atoms with Crippen molar-refractivity contribution >= 4 is 23.2 Å². The van der Waals surface area contributed by atoms with Crippen LogP contribution in [-0.4, -0.2) is 20.8 Å². The van der Waals surface area contributed by atoms with E-state index in [0.717, 1.165) is 11.3 Å². The van der Waals surface area contributed by atoms with Crippen LogP contribution in [-0.2, 0) is 13.2 Å². The molecule has 0 fully saturated rings. The average molecular weight is 469 g/mol. The molecule has 4 aromatic rings. The number of nitrogens with zero attached hydrogens (tertiary/aromatic N) is 3. The number of nitrogens with one attached hydrogen (secondary N) is 1. The van der Waals surface area contributed by atoms with Crippen molar-refractivity contribution in [1.82, 2.24) is 14.9 Å². The van der Waals surface area contributed by atoms with E-state index in [9.17, 15) is 9.18 Å². The molecule has 2 heterocycles. The minimum atomic E-state index is -0.491. The number of rotatable bonds is 7. The number of halogens is 2. The highest BCUT2D eigenvalue weighted by Crippen LogP contribution is 2.25. The Morgan fingerprint density at radius 1 is 1.15 bits per heavy atom. The fraction of sp³-hybridized carbons (Fsp3) is 0.208. The largest absolute Gasteiger partial charge is 0.486 e. The van der Waals surface area contributed by atoms with E-state index in [0.29, 0.717) is 34.3 Å². The molecule has 0 spiro atoms. The van der Waals surface area contributed by atoms with Crippen molar-refractivity contribution in [2.24, 2.45) is 0 Å². The van der Waals surface area contributed by atoms with Gasteiger partial charge in [0.25, 0.3) is 5.91 Å².